The molecule has 8 nitrogen and oxygen atoms in total. The molecule has 2 aromatic carbocycles. The number of benzene rings is 2. The minimum atomic E-state index is -4.50. The van der Waals surface area contributed by atoms with Crippen LogP contribution in [0.15, 0.2) is 54.7 Å². The van der Waals surface area contributed by atoms with Crippen LogP contribution in [0.2, 0.25) is 0 Å². The molecule has 0 aliphatic carbocycles. The standard InChI is InChI=1S/C21H17F3N4O4/c22-21(23,24)15-2-1-3-16(10-15)28-20(31)26-7-6-12-4-5-13-9-17(18(29)32-19(25)30)27-11-14(13)8-12/h1-5,8-11H,6-7H2,(H2,25,30)(H2,26,28,31). The van der Waals surface area contributed by atoms with E-state index in [4.69, 9.17) is 5.73 Å². The van der Waals surface area contributed by atoms with Gasteiger partial charge in [-0.3, -0.25) is 0 Å². The summed E-state index contributed by atoms with van der Waals surface area (Å²) in [4.78, 5) is 38.3. The first-order valence-electron chi connectivity index (χ1n) is 9.24. The molecule has 11 heteroatoms. The van der Waals surface area contributed by atoms with E-state index in [1.54, 1.807) is 18.2 Å². The summed E-state index contributed by atoms with van der Waals surface area (Å²) in [6, 6.07) is 10.5. The van der Waals surface area contributed by atoms with Crippen LogP contribution in [0.25, 0.3) is 10.8 Å². The molecule has 0 aliphatic heterocycles. The molecule has 0 aliphatic rings. The average Bonchev–Trinajstić information content (AvgIpc) is 2.72. The zero-order chi connectivity index (χ0) is 23.3. The van der Waals surface area contributed by atoms with Gasteiger partial charge in [0.25, 0.3) is 0 Å². The lowest BCUT2D eigenvalue weighted by Crippen LogP contribution is -2.30. The van der Waals surface area contributed by atoms with Crippen LogP contribution >= 0.6 is 0 Å². The van der Waals surface area contributed by atoms with Crippen LogP contribution in [0.1, 0.15) is 21.6 Å². The molecule has 0 spiro atoms. The largest absolute Gasteiger partial charge is 0.416 e. The van der Waals surface area contributed by atoms with Crippen molar-refractivity contribution in [2.75, 3.05) is 11.9 Å². The number of halogens is 3. The summed E-state index contributed by atoms with van der Waals surface area (Å²) in [5.74, 6) is -0.959. The number of fused-ring (bicyclic) bond motifs is 1. The summed E-state index contributed by atoms with van der Waals surface area (Å²) in [5.41, 5.74) is 4.76. The van der Waals surface area contributed by atoms with Gasteiger partial charge < -0.3 is 21.1 Å². The minimum Gasteiger partial charge on any atom is -0.372 e. The number of nitrogens with one attached hydrogen (secondary N) is 2. The van der Waals surface area contributed by atoms with Crippen molar-refractivity contribution in [3.63, 3.8) is 0 Å². The maximum Gasteiger partial charge on any atom is 0.416 e. The molecule has 0 radical (unpaired) electrons. The molecule has 0 atom stereocenters. The first kappa shape index (κ1) is 22.5. The normalized spacial score (nSPS) is 11.1. The van der Waals surface area contributed by atoms with Crippen LogP contribution in [0.5, 0.6) is 0 Å². The van der Waals surface area contributed by atoms with Crippen molar-refractivity contribution in [2.24, 2.45) is 5.73 Å². The molecule has 4 N–H and O–H groups in total. The number of amides is 3. The van der Waals surface area contributed by atoms with E-state index >= 15 is 0 Å². The van der Waals surface area contributed by atoms with Gasteiger partial charge in [0, 0.05) is 23.8 Å². The van der Waals surface area contributed by atoms with Crippen LogP contribution in [0.4, 0.5) is 28.4 Å². The number of carbonyl (C=O) groups excluding carboxylic acids is 3. The lowest BCUT2D eigenvalue weighted by molar-refractivity contribution is -0.137. The van der Waals surface area contributed by atoms with E-state index in [-0.39, 0.29) is 17.9 Å². The topological polar surface area (TPSA) is 123 Å². The fraction of sp³-hybridized carbons (Fsp3) is 0.143. The molecule has 0 saturated carbocycles. The number of hydrogen-bond donors (Lipinski definition) is 3. The minimum absolute atomic E-state index is 0.0276. The van der Waals surface area contributed by atoms with Crippen LogP contribution in [0, 0.1) is 0 Å². The number of carbonyl (C=O) groups is 3. The Balaban J connectivity index is 1.56. The SMILES string of the molecule is NC(=O)OC(=O)c1cc2ccc(CCNC(=O)Nc3cccc(C(F)(F)F)c3)cc2cn1. The highest BCUT2D eigenvalue weighted by Crippen LogP contribution is 2.30. The zero-order valence-electron chi connectivity index (χ0n) is 16.4. The number of ether oxygens (including phenoxy) is 1. The number of primary amides is 1. The Hall–Kier alpha value is -4.15. The quantitative estimate of drug-likeness (QED) is 0.406. The summed E-state index contributed by atoms with van der Waals surface area (Å²) < 4.78 is 42.5. The number of nitrogens with zero attached hydrogens (tertiary/aromatic N) is 1. The van der Waals surface area contributed by atoms with Gasteiger partial charge in [0.2, 0.25) is 0 Å². The number of alkyl halides is 3. The van der Waals surface area contributed by atoms with Crippen molar-refractivity contribution in [1.29, 1.82) is 0 Å². The van der Waals surface area contributed by atoms with Crippen LogP contribution in [-0.4, -0.2) is 29.6 Å². The summed E-state index contributed by atoms with van der Waals surface area (Å²) >= 11 is 0. The zero-order valence-corrected chi connectivity index (χ0v) is 16.4. The van der Waals surface area contributed by atoms with Gasteiger partial charge >= 0.3 is 24.3 Å². The number of rotatable bonds is 5. The Morgan fingerprint density at radius 2 is 1.81 bits per heavy atom. The van der Waals surface area contributed by atoms with Crippen molar-refractivity contribution < 1.29 is 32.3 Å². The van der Waals surface area contributed by atoms with E-state index in [1.165, 1.54) is 24.4 Å². The number of aromatic nitrogens is 1. The van der Waals surface area contributed by atoms with Gasteiger partial charge in [-0.1, -0.05) is 18.2 Å². The van der Waals surface area contributed by atoms with Crippen molar-refractivity contribution in [1.82, 2.24) is 10.3 Å². The third-order valence-electron chi connectivity index (χ3n) is 4.34. The first-order valence-corrected chi connectivity index (χ1v) is 9.24. The van der Waals surface area contributed by atoms with Gasteiger partial charge in [-0.05, 0) is 47.7 Å². The Bertz CT molecular complexity index is 1180. The van der Waals surface area contributed by atoms with E-state index in [9.17, 15) is 27.6 Å². The fourth-order valence-corrected chi connectivity index (χ4v) is 2.87. The van der Waals surface area contributed by atoms with E-state index < -0.39 is 29.8 Å². The number of nitrogens with two attached hydrogens (primary N) is 1. The van der Waals surface area contributed by atoms with E-state index in [2.05, 4.69) is 20.4 Å². The Labute approximate surface area is 179 Å². The van der Waals surface area contributed by atoms with E-state index in [0.717, 1.165) is 17.7 Å². The van der Waals surface area contributed by atoms with E-state index in [0.29, 0.717) is 17.2 Å². The lowest BCUT2D eigenvalue weighted by Gasteiger charge is -2.11. The van der Waals surface area contributed by atoms with Crippen LogP contribution < -0.4 is 16.4 Å². The predicted molar refractivity (Wildman–Crippen MR) is 109 cm³/mol. The summed E-state index contributed by atoms with van der Waals surface area (Å²) in [6.45, 7) is 0.229. The molecule has 1 heterocycles. The summed E-state index contributed by atoms with van der Waals surface area (Å²) in [5, 5.41) is 6.33. The molecule has 0 saturated heterocycles. The maximum absolute atomic E-state index is 12.7. The smallest absolute Gasteiger partial charge is 0.372 e. The molecule has 1 aromatic heterocycles. The lowest BCUT2D eigenvalue weighted by atomic mass is 10.1. The Morgan fingerprint density at radius 3 is 2.53 bits per heavy atom. The summed E-state index contributed by atoms with van der Waals surface area (Å²) in [6.07, 6.45) is -3.85. The molecular formula is C21H17F3N4O4. The second-order valence-corrected chi connectivity index (χ2v) is 6.67. The summed E-state index contributed by atoms with van der Waals surface area (Å²) in [7, 11) is 0. The Kier molecular flexibility index (Phi) is 6.57. The van der Waals surface area contributed by atoms with Crippen molar-refractivity contribution in [3.8, 4) is 0 Å². The second-order valence-electron chi connectivity index (χ2n) is 6.67. The monoisotopic (exact) mass is 446 g/mol. The second kappa shape index (κ2) is 9.33. The molecule has 0 fully saturated rings. The predicted octanol–water partition coefficient (Wildman–Crippen LogP) is 3.85. The van der Waals surface area contributed by atoms with Gasteiger partial charge in [0.15, 0.2) is 0 Å². The fourth-order valence-electron chi connectivity index (χ4n) is 2.87. The highest BCUT2D eigenvalue weighted by Gasteiger charge is 2.30. The first-order chi connectivity index (χ1) is 15.1. The van der Waals surface area contributed by atoms with Crippen LogP contribution in [0.3, 0.4) is 0 Å². The third-order valence-corrected chi connectivity index (χ3v) is 4.34. The number of hydrogen-bond acceptors (Lipinski definition) is 5. The molecule has 32 heavy (non-hydrogen) atoms. The number of pyridine rings is 1. The van der Waals surface area contributed by atoms with Crippen molar-refractivity contribution >= 4 is 34.6 Å². The highest BCUT2D eigenvalue weighted by atomic mass is 19.4. The molecule has 166 valence electrons. The van der Waals surface area contributed by atoms with Crippen molar-refractivity contribution in [3.05, 3.63) is 71.5 Å². The highest BCUT2D eigenvalue weighted by molar-refractivity contribution is 5.97. The average molecular weight is 446 g/mol. The molecule has 0 unspecified atom stereocenters. The molecule has 0 bridgehead atoms. The molecule has 3 amide bonds. The van der Waals surface area contributed by atoms with Gasteiger partial charge in [0.1, 0.15) is 5.69 Å². The van der Waals surface area contributed by atoms with Crippen LogP contribution in [-0.2, 0) is 17.3 Å². The molecule has 3 aromatic rings. The molecular weight excluding hydrogens is 429 g/mol. The Morgan fingerprint density at radius 1 is 1.03 bits per heavy atom. The van der Waals surface area contributed by atoms with Gasteiger partial charge in [-0.25, -0.2) is 19.4 Å². The number of anilines is 1. The van der Waals surface area contributed by atoms with Crippen molar-refractivity contribution in [2.45, 2.75) is 12.6 Å². The number of urea groups is 1. The van der Waals surface area contributed by atoms with E-state index in [1.807, 2.05) is 0 Å². The molecule has 3 rings (SSSR count). The third kappa shape index (κ3) is 5.94. The maximum atomic E-state index is 12.7. The van der Waals surface area contributed by atoms with Gasteiger partial charge in [-0.2, -0.15) is 13.2 Å². The number of esters is 1. The van der Waals surface area contributed by atoms with Gasteiger partial charge in [-0.15, -0.1) is 0 Å². The van der Waals surface area contributed by atoms with Gasteiger partial charge in [0.05, 0.1) is 5.56 Å².